The van der Waals surface area contributed by atoms with E-state index in [0.717, 1.165) is 22.2 Å². The van der Waals surface area contributed by atoms with E-state index in [0.29, 0.717) is 22.4 Å². The number of halogens is 1. The van der Waals surface area contributed by atoms with E-state index in [9.17, 15) is 20.1 Å². The molecular weight excluding hydrogens is 524 g/mol. The molecule has 11 heteroatoms. The van der Waals surface area contributed by atoms with Gasteiger partial charge in [-0.2, -0.15) is 0 Å². The van der Waals surface area contributed by atoms with Crippen LogP contribution in [0.4, 0.5) is 11.5 Å². The normalized spacial score (nSPS) is 22.8. The molecule has 0 aliphatic carbocycles. The summed E-state index contributed by atoms with van der Waals surface area (Å²) < 4.78 is 11.5. The summed E-state index contributed by atoms with van der Waals surface area (Å²) in [5.74, 6) is 1.12. The standard InChI is InChI=1S/C28H27ClN4O6/c1-15(35)30-23-25(37)24(36)22(14-34)39-28(23)38-19-12-10-18(11-13-19)31-27-20-4-2-3-5-21(20)32-26(33-27)16-6-8-17(29)9-7-16/h2-13,22-25,28,34,36-37H,14H2,1H3,(H,30,35)(H,31,32,33)/t22-,23+,24+,25-,28-/m0/s1. The lowest BCUT2D eigenvalue weighted by Gasteiger charge is -2.42. The number of hydrogen-bond donors (Lipinski definition) is 5. The van der Waals surface area contributed by atoms with E-state index in [-0.39, 0.29) is 0 Å². The van der Waals surface area contributed by atoms with Gasteiger partial charge in [0, 0.05) is 28.6 Å². The fourth-order valence-corrected chi connectivity index (χ4v) is 4.48. The van der Waals surface area contributed by atoms with Crippen molar-refractivity contribution in [2.24, 2.45) is 0 Å². The molecule has 1 aromatic heterocycles. The van der Waals surface area contributed by atoms with Crippen molar-refractivity contribution in [2.75, 3.05) is 11.9 Å². The maximum atomic E-state index is 11.7. The summed E-state index contributed by atoms with van der Waals surface area (Å²) in [5, 5.41) is 37.5. The molecule has 0 spiro atoms. The SMILES string of the molecule is CC(=O)N[C@H]1[C@@H](Oc2ccc(Nc3nc(-c4ccc(Cl)cc4)nc4ccccc34)cc2)O[C@@H](CO)[C@@H](O)[C@H]1O. The zero-order valence-corrected chi connectivity index (χ0v) is 21.6. The van der Waals surface area contributed by atoms with E-state index in [1.54, 1.807) is 36.4 Å². The maximum absolute atomic E-state index is 11.7. The Bertz CT molecular complexity index is 1450. The van der Waals surface area contributed by atoms with E-state index in [2.05, 4.69) is 10.6 Å². The minimum absolute atomic E-state index is 0.385. The summed E-state index contributed by atoms with van der Waals surface area (Å²) in [7, 11) is 0. The number of hydrogen-bond acceptors (Lipinski definition) is 9. The van der Waals surface area contributed by atoms with Crippen molar-refractivity contribution in [3.63, 3.8) is 0 Å². The number of carbonyl (C=O) groups is 1. The second kappa shape index (κ2) is 11.5. The number of nitrogens with one attached hydrogen (secondary N) is 2. The Labute approximate surface area is 229 Å². The molecule has 3 aromatic carbocycles. The Morgan fingerprint density at radius 1 is 1.00 bits per heavy atom. The zero-order valence-electron chi connectivity index (χ0n) is 20.9. The molecule has 5 rings (SSSR count). The van der Waals surface area contributed by atoms with Gasteiger partial charge in [0.2, 0.25) is 12.2 Å². The highest BCUT2D eigenvalue weighted by Crippen LogP contribution is 2.30. The van der Waals surface area contributed by atoms with E-state index < -0.39 is 43.2 Å². The summed E-state index contributed by atoms with van der Waals surface area (Å²) in [6.07, 6.45) is -5.00. The van der Waals surface area contributed by atoms with Gasteiger partial charge in [-0.05, 0) is 60.7 Å². The average molecular weight is 551 g/mol. The number of fused-ring (bicyclic) bond motifs is 1. The first-order valence-electron chi connectivity index (χ1n) is 12.3. The molecule has 1 aliphatic rings. The van der Waals surface area contributed by atoms with Gasteiger partial charge < -0.3 is 35.4 Å². The maximum Gasteiger partial charge on any atom is 0.223 e. The number of para-hydroxylation sites is 1. The van der Waals surface area contributed by atoms with Crippen LogP contribution in [-0.2, 0) is 9.53 Å². The number of aliphatic hydroxyl groups is 3. The van der Waals surface area contributed by atoms with Crippen LogP contribution in [0.3, 0.4) is 0 Å². The third kappa shape index (κ3) is 5.95. The monoisotopic (exact) mass is 550 g/mol. The number of amides is 1. The van der Waals surface area contributed by atoms with Crippen molar-refractivity contribution in [3.05, 3.63) is 77.8 Å². The van der Waals surface area contributed by atoms with Crippen LogP contribution in [0.15, 0.2) is 72.8 Å². The molecule has 202 valence electrons. The van der Waals surface area contributed by atoms with E-state index in [4.69, 9.17) is 31.0 Å². The topological polar surface area (TPSA) is 146 Å². The molecule has 39 heavy (non-hydrogen) atoms. The van der Waals surface area contributed by atoms with Crippen LogP contribution in [-0.4, -0.2) is 68.4 Å². The summed E-state index contributed by atoms with van der Waals surface area (Å²) >= 11 is 6.04. The first-order chi connectivity index (χ1) is 18.8. The first-order valence-corrected chi connectivity index (χ1v) is 12.7. The third-order valence-electron chi connectivity index (χ3n) is 6.33. The third-order valence-corrected chi connectivity index (χ3v) is 6.58. The number of aromatic nitrogens is 2. The molecule has 1 amide bonds. The highest BCUT2D eigenvalue weighted by atomic mass is 35.5. The molecule has 4 aromatic rings. The highest BCUT2D eigenvalue weighted by Gasteiger charge is 2.46. The fourth-order valence-electron chi connectivity index (χ4n) is 4.36. The van der Waals surface area contributed by atoms with E-state index >= 15 is 0 Å². The van der Waals surface area contributed by atoms with Gasteiger partial charge in [0.25, 0.3) is 0 Å². The van der Waals surface area contributed by atoms with Crippen LogP contribution in [0, 0.1) is 0 Å². The van der Waals surface area contributed by atoms with Gasteiger partial charge in [-0.1, -0.05) is 23.7 Å². The van der Waals surface area contributed by atoms with Crippen molar-refractivity contribution in [1.82, 2.24) is 15.3 Å². The number of nitrogens with zero attached hydrogens (tertiary/aromatic N) is 2. The van der Waals surface area contributed by atoms with Crippen LogP contribution in [0.2, 0.25) is 5.02 Å². The van der Waals surface area contributed by atoms with Crippen LogP contribution < -0.4 is 15.4 Å². The van der Waals surface area contributed by atoms with Gasteiger partial charge in [-0.25, -0.2) is 9.97 Å². The van der Waals surface area contributed by atoms with Crippen LogP contribution in [0.25, 0.3) is 22.3 Å². The molecule has 1 fully saturated rings. The zero-order chi connectivity index (χ0) is 27.5. The van der Waals surface area contributed by atoms with Crippen LogP contribution >= 0.6 is 11.6 Å². The number of aliphatic hydroxyl groups excluding tert-OH is 3. The Hall–Kier alpha value is -3.80. The lowest BCUT2D eigenvalue weighted by molar-refractivity contribution is -0.244. The number of anilines is 2. The molecule has 5 N–H and O–H groups in total. The molecule has 0 radical (unpaired) electrons. The minimum atomic E-state index is -1.40. The van der Waals surface area contributed by atoms with Gasteiger partial charge >= 0.3 is 0 Å². The summed E-state index contributed by atoms with van der Waals surface area (Å²) in [4.78, 5) is 21.1. The van der Waals surface area contributed by atoms with Gasteiger partial charge in [0.15, 0.2) is 5.82 Å². The lowest BCUT2D eigenvalue weighted by Crippen LogP contribution is -2.65. The number of rotatable bonds is 7. The predicted molar refractivity (Wildman–Crippen MR) is 146 cm³/mol. The molecule has 5 atom stereocenters. The second-order valence-electron chi connectivity index (χ2n) is 9.12. The second-order valence-corrected chi connectivity index (χ2v) is 9.56. The summed E-state index contributed by atoms with van der Waals surface area (Å²) in [6, 6.07) is 20.9. The fraction of sp³-hybridized carbons (Fsp3) is 0.250. The predicted octanol–water partition coefficient (Wildman–Crippen LogP) is 3.02. The molecule has 1 aliphatic heterocycles. The molecule has 0 saturated carbocycles. The molecule has 10 nitrogen and oxygen atoms in total. The van der Waals surface area contributed by atoms with Crippen molar-refractivity contribution >= 4 is 39.9 Å². The van der Waals surface area contributed by atoms with Crippen molar-refractivity contribution in [2.45, 2.75) is 37.6 Å². The molecular formula is C28H27ClN4O6. The minimum Gasteiger partial charge on any atom is -0.463 e. The number of benzene rings is 3. The molecule has 0 bridgehead atoms. The van der Waals surface area contributed by atoms with Gasteiger partial charge in [-0.15, -0.1) is 0 Å². The van der Waals surface area contributed by atoms with Crippen LogP contribution in [0.1, 0.15) is 6.92 Å². The molecule has 2 heterocycles. The van der Waals surface area contributed by atoms with E-state index in [1.807, 2.05) is 36.4 Å². The first kappa shape index (κ1) is 26.8. The highest BCUT2D eigenvalue weighted by molar-refractivity contribution is 6.30. The van der Waals surface area contributed by atoms with Gasteiger partial charge in [-0.3, -0.25) is 4.79 Å². The van der Waals surface area contributed by atoms with E-state index in [1.165, 1.54) is 6.92 Å². The summed E-state index contributed by atoms with van der Waals surface area (Å²) in [6.45, 7) is 0.753. The Balaban J connectivity index is 1.38. The molecule has 1 saturated heterocycles. The lowest BCUT2D eigenvalue weighted by atomic mass is 9.97. The Kier molecular flexibility index (Phi) is 7.92. The number of ether oxygens (including phenoxy) is 2. The van der Waals surface area contributed by atoms with Crippen molar-refractivity contribution in [3.8, 4) is 17.1 Å². The number of carbonyl (C=O) groups excluding carboxylic acids is 1. The van der Waals surface area contributed by atoms with Gasteiger partial charge in [0.05, 0.1) is 12.1 Å². The van der Waals surface area contributed by atoms with Crippen molar-refractivity contribution in [1.29, 1.82) is 0 Å². The van der Waals surface area contributed by atoms with Gasteiger partial charge in [0.1, 0.15) is 35.9 Å². The molecule has 0 unspecified atom stereocenters. The Morgan fingerprint density at radius 3 is 2.41 bits per heavy atom. The Morgan fingerprint density at radius 2 is 1.72 bits per heavy atom. The summed E-state index contributed by atoms with van der Waals surface area (Å²) in [5.41, 5.74) is 2.32. The smallest absolute Gasteiger partial charge is 0.223 e. The quantitative estimate of drug-likeness (QED) is 0.234. The average Bonchev–Trinajstić information content (AvgIpc) is 2.94. The van der Waals surface area contributed by atoms with Crippen molar-refractivity contribution < 1.29 is 29.6 Å². The van der Waals surface area contributed by atoms with Crippen LogP contribution in [0.5, 0.6) is 5.75 Å². The largest absolute Gasteiger partial charge is 0.463 e.